The van der Waals surface area contributed by atoms with E-state index >= 15 is 0 Å². The molecule has 0 amide bonds. The van der Waals surface area contributed by atoms with Gasteiger partial charge in [0.05, 0.1) is 11.0 Å². The minimum absolute atomic E-state index is 0.129. The molecule has 2 aliphatic rings. The van der Waals surface area contributed by atoms with Gasteiger partial charge >= 0.3 is 0 Å². The van der Waals surface area contributed by atoms with Crippen molar-refractivity contribution in [3.05, 3.63) is 34.1 Å². The molecule has 2 saturated heterocycles. The van der Waals surface area contributed by atoms with Crippen molar-refractivity contribution in [3.8, 4) is 0 Å². The van der Waals surface area contributed by atoms with Crippen LogP contribution in [0.2, 0.25) is 0 Å². The van der Waals surface area contributed by atoms with E-state index in [4.69, 9.17) is 0 Å². The molecule has 0 aromatic heterocycles. The van der Waals surface area contributed by atoms with Crippen molar-refractivity contribution >= 4 is 11.4 Å². The first kappa shape index (κ1) is 17.1. The molecule has 0 spiro atoms. The van der Waals surface area contributed by atoms with Gasteiger partial charge in [-0.2, -0.15) is 0 Å². The van der Waals surface area contributed by atoms with Gasteiger partial charge in [0.25, 0.3) is 5.69 Å². The SMILES string of the molecule is CN1CCN(CC2CCCN(c3ccc(F)cc3[N+](=O)[O-])C2)CC1. The number of halogens is 1. The lowest BCUT2D eigenvalue weighted by Crippen LogP contribution is -2.48. The first-order chi connectivity index (χ1) is 11.5. The zero-order valence-electron chi connectivity index (χ0n) is 14.2. The molecule has 24 heavy (non-hydrogen) atoms. The molecule has 2 heterocycles. The van der Waals surface area contributed by atoms with Gasteiger partial charge in [-0.05, 0) is 37.9 Å². The van der Waals surface area contributed by atoms with E-state index in [2.05, 4.69) is 21.7 Å². The fraction of sp³-hybridized carbons (Fsp3) is 0.647. The highest BCUT2D eigenvalue weighted by atomic mass is 19.1. The van der Waals surface area contributed by atoms with Gasteiger partial charge in [0.1, 0.15) is 11.5 Å². The van der Waals surface area contributed by atoms with Gasteiger partial charge in [0.2, 0.25) is 0 Å². The summed E-state index contributed by atoms with van der Waals surface area (Å²) in [7, 11) is 2.15. The van der Waals surface area contributed by atoms with Crippen molar-refractivity contribution in [1.82, 2.24) is 9.80 Å². The van der Waals surface area contributed by atoms with E-state index in [-0.39, 0.29) is 5.69 Å². The fourth-order valence-corrected chi connectivity index (χ4v) is 3.74. The Balaban J connectivity index is 1.66. The number of nitro benzene ring substituents is 1. The Kier molecular flexibility index (Phi) is 5.30. The van der Waals surface area contributed by atoms with Crippen molar-refractivity contribution < 1.29 is 9.31 Å². The van der Waals surface area contributed by atoms with Crippen LogP contribution in [-0.2, 0) is 0 Å². The van der Waals surface area contributed by atoms with Gasteiger partial charge in [-0.1, -0.05) is 0 Å². The van der Waals surface area contributed by atoms with Crippen LogP contribution in [0.5, 0.6) is 0 Å². The second kappa shape index (κ2) is 7.44. The van der Waals surface area contributed by atoms with Crippen molar-refractivity contribution in [1.29, 1.82) is 0 Å². The van der Waals surface area contributed by atoms with Crippen LogP contribution < -0.4 is 4.90 Å². The summed E-state index contributed by atoms with van der Waals surface area (Å²) in [5, 5.41) is 11.2. The van der Waals surface area contributed by atoms with Gasteiger partial charge in [0, 0.05) is 45.8 Å². The lowest BCUT2D eigenvalue weighted by molar-refractivity contribution is -0.384. The summed E-state index contributed by atoms with van der Waals surface area (Å²) in [6.07, 6.45) is 2.17. The molecule has 7 heteroatoms. The van der Waals surface area contributed by atoms with Gasteiger partial charge < -0.3 is 14.7 Å². The highest BCUT2D eigenvalue weighted by Crippen LogP contribution is 2.32. The lowest BCUT2D eigenvalue weighted by Gasteiger charge is -2.39. The molecule has 1 atom stereocenters. The molecule has 0 N–H and O–H groups in total. The molecule has 132 valence electrons. The molecule has 1 aromatic carbocycles. The number of hydrogen-bond donors (Lipinski definition) is 0. The Bertz CT molecular complexity index is 590. The minimum atomic E-state index is -0.559. The van der Waals surface area contributed by atoms with Crippen molar-refractivity contribution in [2.24, 2.45) is 5.92 Å². The standard InChI is InChI=1S/C17H25FN4O2/c1-19-7-9-20(10-8-19)12-14-3-2-6-21(13-14)16-5-4-15(18)11-17(16)22(23)24/h4-5,11,14H,2-3,6-10,12-13H2,1H3. The summed E-state index contributed by atoms with van der Waals surface area (Å²) >= 11 is 0. The van der Waals surface area contributed by atoms with Crippen LogP contribution in [0.15, 0.2) is 18.2 Å². The second-order valence-corrected chi connectivity index (χ2v) is 6.95. The van der Waals surface area contributed by atoms with E-state index in [0.717, 1.165) is 64.7 Å². The molecular weight excluding hydrogens is 311 g/mol. The van der Waals surface area contributed by atoms with Gasteiger partial charge in [-0.15, -0.1) is 0 Å². The largest absolute Gasteiger partial charge is 0.366 e. The Hall–Kier alpha value is -1.73. The molecule has 0 bridgehead atoms. The highest BCUT2D eigenvalue weighted by molar-refractivity contribution is 5.63. The topological polar surface area (TPSA) is 52.9 Å². The summed E-state index contributed by atoms with van der Waals surface area (Å²) in [6, 6.07) is 3.89. The van der Waals surface area contributed by atoms with Crippen molar-refractivity contribution in [2.45, 2.75) is 12.8 Å². The molecule has 6 nitrogen and oxygen atoms in total. The van der Waals surface area contributed by atoms with Crippen LogP contribution in [0, 0.1) is 21.8 Å². The normalized spacial score (nSPS) is 23.4. The third kappa shape index (κ3) is 4.02. The summed E-state index contributed by atoms with van der Waals surface area (Å²) in [4.78, 5) is 17.7. The van der Waals surface area contributed by atoms with E-state index < -0.39 is 10.7 Å². The maximum Gasteiger partial charge on any atom is 0.295 e. The molecular formula is C17H25FN4O2. The zero-order chi connectivity index (χ0) is 17.1. The Morgan fingerprint density at radius 2 is 2.00 bits per heavy atom. The zero-order valence-corrected chi connectivity index (χ0v) is 14.2. The van der Waals surface area contributed by atoms with E-state index in [9.17, 15) is 14.5 Å². The van der Waals surface area contributed by atoms with E-state index in [1.165, 1.54) is 6.07 Å². The van der Waals surface area contributed by atoms with Gasteiger partial charge in [-0.25, -0.2) is 4.39 Å². The number of nitro groups is 1. The predicted octanol–water partition coefficient (Wildman–Crippen LogP) is 2.20. The minimum Gasteiger partial charge on any atom is -0.366 e. The molecule has 0 radical (unpaired) electrons. The predicted molar refractivity (Wildman–Crippen MR) is 91.9 cm³/mol. The molecule has 2 aliphatic heterocycles. The van der Waals surface area contributed by atoms with Gasteiger partial charge in [-0.3, -0.25) is 10.1 Å². The number of anilines is 1. The number of likely N-dealkylation sites (N-methyl/N-ethyl adjacent to an activating group) is 1. The lowest BCUT2D eigenvalue weighted by atomic mass is 9.96. The Labute approximate surface area is 142 Å². The van der Waals surface area contributed by atoms with E-state index in [0.29, 0.717) is 11.6 Å². The summed E-state index contributed by atoms with van der Waals surface area (Å²) in [5.74, 6) is -0.0525. The highest BCUT2D eigenvalue weighted by Gasteiger charge is 2.27. The molecule has 1 aromatic rings. The van der Waals surface area contributed by atoms with Crippen LogP contribution in [0.1, 0.15) is 12.8 Å². The Morgan fingerprint density at radius 3 is 2.71 bits per heavy atom. The second-order valence-electron chi connectivity index (χ2n) is 6.95. The van der Waals surface area contributed by atoms with Crippen LogP contribution in [0.4, 0.5) is 15.8 Å². The molecule has 1 unspecified atom stereocenters. The maximum absolute atomic E-state index is 13.4. The Morgan fingerprint density at radius 1 is 1.25 bits per heavy atom. The van der Waals surface area contributed by atoms with Gasteiger partial charge in [0.15, 0.2) is 0 Å². The smallest absolute Gasteiger partial charge is 0.295 e. The first-order valence-electron chi connectivity index (χ1n) is 8.62. The summed E-state index contributed by atoms with van der Waals surface area (Å²) < 4.78 is 13.4. The van der Waals surface area contributed by atoms with Crippen molar-refractivity contribution in [3.63, 3.8) is 0 Å². The fourth-order valence-electron chi connectivity index (χ4n) is 3.74. The third-order valence-corrected chi connectivity index (χ3v) is 5.11. The quantitative estimate of drug-likeness (QED) is 0.623. The van der Waals surface area contributed by atoms with Crippen LogP contribution in [0.3, 0.4) is 0 Å². The number of nitrogens with zero attached hydrogens (tertiary/aromatic N) is 4. The molecule has 3 rings (SSSR count). The molecule has 0 saturated carbocycles. The van der Waals surface area contributed by atoms with Crippen LogP contribution >= 0.6 is 0 Å². The average Bonchev–Trinajstić information content (AvgIpc) is 2.57. The van der Waals surface area contributed by atoms with Crippen molar-refractivity contribution in [2.75, 3.05) is 57.8 Å². The molecule has 2 fully saturated rings. The average molecular weight is 336 g/mol. The summed E-state index contributed by atoms with van der Waals surface area (Å²) in [6.45, 7) is 7.01. The van der Waals surface area contributed by atoms with Crippen LogP contribution in [0.25, 0.3) is 0 Å². The van der Waals surface area contributed by atoms with Crippen LogP contribution in [-0.4, -0.2) is 67.6 Å². The number of piperazine rings is 1. The third-order valence-electron chi connectivity index (χ3n) is 5.11. The number of piperidine rings is 1. The monoisotopic (exact) mass is 336 g/mol. The molecule has 0 aliphatic carbocycles. The maximum atomic E-state index is 13.4. The number of benzene rings is 1. The van der Waals surface area contributed by atoms with E-state index in [1.807, 2.05) is 0 Å². The summed E-state index contributed by atoms with van der Waals surface area (Å²) in [5.41, 5.74) is 0.416. The van der Waals surface area contributed by atoms with E-state index in [1.54, 1.807) is 6.07 Å². The number of hydrogen-bond acceptors (Lipinski definition) is 5. The first-order valence-corrected chi connectivity index (χ1v) is 8.62. The number of rotatable bonds is 4.